The van der Waals surface area contributed by atoms with Crippen molar-refractivity contribution in [3.05, 3.63) is 46.4 Å². The van der Waals surface area contributed by atoms with Crippen molar-refractivity contribution in [2.75, 3.05) is 33.3 Å². The summed E-state index contributed by atoms with van der Waals surface area (Å²) < 4.78 is 37.1. The van der Waals surface area contributed by atoms with Crippen LogP contribution in [0.1, 0.15) is 35.3 Å². The lowest BCUT2D eigenvalue weighted by Crippen LogP contribution is -2.45. The van der Waals surface area contributed by atoms with Crippen LogP contribution in [0.4, 0.5) is 13.2 Å². The summed E-state index contributed by atoms with van der Waals surface area (Å²) in [5.74, 6) is -1.75. The fourth-order valence-electron chi connectivity index (χ4n) is 4.40. The molecule has 0 aliphatic carbocycles. The average Bonchev–Trinajstić information content (AvgIpc) is 3.44. The Balaban J connectivity index is 0.000000383. The molecule has 180 valence electrons. The topological polar surface area (TPSA) is 83.0 Å². The molecule has 33 heavy (non-hydrogen) atoms. The molecule has 2 fully saturated rings. The minimum absolute atomic E-state index is 0.0908. The lowest BCUT2D eigenvalue weighted by atomic mass is 9.79. The number of alkyl halides is 3. The molecule has 1 atom stereocenters. The van der Waals surface area contributed by atoms with Crippen LogP contribution < -0.4 is 4.74 Å². The number of halogens is 3. The van der Waals surface area contributed by atoms with Gasteiger partial charge in [0.05, 0.1) is 12.6 Å². The van der Waals surface area contributed by atoms with Gasteiger partial charge in [0, 0.05) is 37.0 Å². The molecular weight excluding hydrogens is 459 g/mol. The summed E-state index contributed by atoms with van der Waals surface area (Å²) in [4.78, 5) is 30.2. The minimum atomic E-state index is -5.08. The highest BCUT2D eigenvalue weighted by molar-refractivity contribution is 7.07. The molecule has 2 aliphatic rings. The zero-order chi connectivity index (χ0) is 24.1. The molecule has 1 aromatic heterocycles. The molecule has 1 unspecified atom stereocenters. The number of hydrogen-bond acceptors (Lipinski definition) is 6. The number of likely N-dealkylation sites (tertiary alicyclic amines) is 2. The van der Waals surface area contributed by atoms with E-state index >= 15 is 0 Å². The molecule has 0 bridgehead atoms. The monoisotopic (exact) mass is 485 g/mol. The molecular formula is C22H26F3N3O4S. The zero-order valence-electron chi connectivity index (χ0n) is 18.2. The van der Waals surface area contributed by atoms with Crippen molar-refractivity contribution in [3.63, 3.8) is 0 Å². The molecule has 1 aromatic carbocycles. The van der Waals surface area contributed by atoms with Gasteiger partial charge in [-0.2, -0.15) is 13.2 Å². The van der Waals surface area contributed by atoms with Gasteiger partial charge in [-0.3, -0.25) is 9.69 Å². The van der Waals surface area contributed by atoms with Gasteiger partial charge < -0.3 is 14.7 Å². The number of aliphatic carboxylic acids is 1. The highest BCUT2D eigenvalue weighted by atomic mass is 32.1. The number of carboxylic acid groups (broad SMARTS) is 1. The maximum absolute atomic E-state index is 12.6. The van der Waals surface area contributed by atoms with Crippen molar-refractivity contribution in [2.45, 2.75) is 32.0 Å². The second-order valence-corrected chi connectivity index (χ2v) is 9.04. The van der Waals surface area contributed by atoms with Gasteiger partial charge in [-0.05, 0) is 43.5 Å². The maximum Gasteiger partial charge on any atom is 0.490 e. The van der Waals surface area contributed by atoms with E-state index in [1.54, 1.807) is 12.6 Å². The van der Waals surface area contributed by atoms with Crippen molar-refractivity contribution in [1.82, 2.24) is 14.8 Å². The molecule has 1 N–H and O–H groups in total. The van der Waals surface area contributed by atoms with Gasteiger partial charge in [0.2, 0.25) is 0 Å². The molecule has 4 rings (SSSR count). The van der Waals surface area contributed by atoms with Crippen LogP contribution in [0.5, 0.6) is 5.75 Å². The van der Waals surface area contributed by atoms with Gasteiger partial charge in [0.15, 0.2) is 0 Å². The van der Waals surface area contributed by atoms with Gasteiger partial charge in [-0.25, -0.2) is 9.78 Å². The first-order chi connectivity index (χ1) is 15.6. The first-order valence-electron chi connectivity index (χ1n) is 10.4. The average molecular weight is 486 g/mol. The van der Waals surface area contributed by atoms with E-state index in [1.807, 2.05) is 16.3 Å². The summed E-state index contributed by atoms with van der Waals surface area (Å²) >= 11 is 1.48. The van der Waals surface area contributed by atoms with Crippen molar-refractivity contribution in [3.8, 4) is 5.75 Å². The predicted octanol–water partition coefficient (Wildman–Crippen LogP) is 3.91. The Morgan fingerprint density at radius 1 is 1.24 bits per heavy atom. The number of benzene rings is 1. The van der Waals surface area contributed by atoms with E-state index in [9.17, 15) is 18.0 Å². The Morgan fingerprint density at radius 3 is 2.64 bits per heavy atom. The summed E-state index contributed by atoms with van der Waals surface area (Å²) in [6, 6.07) is 8.32. The number of ether oxygens (including phenoxy) is 1. The summed E-state index contributed by atoms with van der Waals surface area (Å²) in [5, 5.41) is 8.98. The van der Waals surface area contributed by atoms with Gasteiger partial charge in [-0.15, -0.1) is 11.3 Å². The summed E-state index contributed by atoms with van der Waals surface area (Å²) in [5.41, 5.74) is 3.85. The lowest BCUT2D eigenvalue weighted by Gasteiger charge is -2.40. The molecule has 2 saturated heterocycles. The molecule has 2 aliphatic heterocycles. The van der Waals surface area contributed by atoms with Crippen LogP contribution in [0.25, 0.3) is 0 Å². The fourth-order valence-corrected chi connectivity index (χ4v) is 4.92. The highest BCUT2D eigenvalue weighted by Gasteiger charge is 2.43. The van der Waals surface area contributed by atoms with Crippen molar-refractivity contribution >= 4 is 23.2 Å². The van der Waals surface area contributed by atoms with E-state index in [0.29, 0.717) is 5.69 Å². The summed E-state index contributed by atoms with van der Waals surface area (Å²) in [6.45, 7) is 4.84. The molecule has 1 amide bonds. The van der Waals surface area contributed by atoms with Crippen molar-refractivity contribution in [1.29, 1.82) is 0 Å². The molecule has 11 heteroatoms. The number of aromatic nitrogens is 1. The Hall–Kier alpha value is -2.66. The number of rotatable bonds is 4. The number of carbonyl (C=O) groups is 2. The number of carboxylic acids is 1. The van der Waals surface area contributed by atoms with E-state index in [1.165, 1.54) is 29.7 Å². The largest absolute Gasteiger partial charge is 0.497 e. The first kappa shape index (κ1) is 25.0. The van der Waals surface area contributed by atoms with Crippen LogP contribution in [0.2, 0.25) is 0 Å². The van der Waals surface area contributed by atoms with E-state index in [-0.39, 0.29) is 11.3 Å². The van der Waals surface area contributed by atoms with Crippen LogP contribution >= 0.6 is 11.3 Å². The Morgan fingerprint density at radius 2 is 2.00 bits per heavy atom. The van der Waals surface area contributed by atoms with Gasteiger partial charge in [-0.1, -0.05) is 12.1 Å². The standard InChI is InChI=1S/C20H25N3O2S.C2HF3O2/c1-25-17-5-2-4-16(10-17)11-22-8-3-6-20(13-22)7-9-23(14-20)19(24)18-12-26-15-21-18;3-2(4,5)1(6)7/h2,4-5,10,12,15H,3,6-9,11,13-14H2,1H3;(H,6,7). The van der Waals surface area contributed by atoms with E-state index in [0.717, 1.165) is 44.9 Å². The predicted molar refractivity (Wildman–Crippen MR) is 116 cm³/mol. The molecule has 1 spiro atoms. The van der Waals surface area contributed by atoms with Crippen LogP contribution in [-0.2, 0) is 11.3 Å². The second kappa shape index (κ2) is 10.5. The Bertz CT molecular complexity index is 955. The summed E-state index contributed by atoms with van der Waals surface area (Å²) in [6.07, 6.45) is -1.58. The lowest BCUT2D eigenvalue weighted by molar-refractivity contribution is -0.192. The molecule has 0 saturated carbocycles. The SMILES string of the molecule is COc1cccc(CN2CCCC3(CCN(C(=O)c4cscn4)C3)C2)c1.O=C(O)C(F)(F)F. The third-order valence-electron chi connectivity index (χ3n) is 5.90. The van der Waals surface area contributed by atoms with Gasteiger partial charge in [0.1, 0.15) is 11.4 Å². The maximum atomic E-state index is 12.6. The third kappa shape index (κ3) is 6.67. The minimum Gasteiger partial charge on any atom is -0.497 e. The normalized spacial score (nSPS) is 20.9. The van der Waals surface area contributed by atoms with Crippen molar-refractivity contribution < 1.29 is 32.6 Å². The van der Waals surface area contributed by atoms with Crippen LogP contribution in [0, 0.1) is 5.41 Å². The smallest absolute Gasteiger partial charge is 0.490 e. The van der Waals surface area contributed by atoms with Crippen LogP contribution in [0.3, 0.4) is 0 Å². The number of nitrogens with zero attached hydrogens (tertiary/aromatic N) is 3. The molecule has 3 heterocycles. The number of hydrogen-bond donors (Lipinski definition) is 1. The number of thiazole rings is 1. The van der Waals surface area contributed by atoms with Crippen LogP contribution in [0.15, 0.2) is 35.2 Å². The Kier molecular flexibility index (Phi) is 7.96. The van der Waals surface area contributed by atoms with Gasteiger partial charge >= 0.3 is 12.1 Å². The number of methoxy groups -OCH3 is 1. The first-order valence-corrected chi connectivity index (χ1v) is 11.4. The number of carbonyl (C=O) groups excluding carboxylic acids is 1. The van der Waals surface area contributed by atoms with E-state index in [4.69, 9.17) is 14.6 Å². The molecule has 2 aromatic rings. The Labute approximate surface area is 193 Å². The third-order valence-corrected chi connectivity index (χ3v) is 6.49. The molecule has 0 radical (unpaired) electrons. The van der Waals surface area contributed by atoms with E-state index in [2.05, 4.69) is 28.1 Å². The summed E-state index contributed by atoms with van der Waals surface area (Å²) in [7, 11) is 1.71. The quantitative estimate of drug-likeness (QED) is 0.707. The molecule has 7 nitrogen and oxygen atoms in total. The van der Waals surface area contributed by atoms with E-state index < -0.39 is 12.1 Å². The van der Waals surface area contributed by atoms with Crippen molar-refractivity contribution in [2.24, 2.45) is 5.41 Å². The fraction of sp³-hybridized carbons (Fsp3) is 0.500. The van der Waals surface area contributed by atoms with Crippen LogP contribution in [-0.4, -0.2) is 71.2 Å². The highest BCUT2D eigenvalue weighted by Crippen LogP contribution is 2.39. The zero-order valence-corrected chi connectivity index (χ0v) is 19.0. The van der Waals surface area contributed by atoms with Gasteiger partial charge in [0.25, 0.3) is 5.91 Å². The number of amides is 1. The number of piperidine rings is 1. The second-order valence-electron chi connectivity index (χ2n) is 8.32.